The summed E-state index contributed by atoms with van der Waals surface area (Å²) in [5.41, 5.74) is 0. The molecule has 2 unspecified atom stereocenters. The van der Waals surface area contributed by atoms with Gasteiger partial charge in [0, 0.05) is 38.0 Å². The second-order valence-electron chi connectivity index (χ2n) is 19.0. The summed E-state index contributed by atoms with van der Waals surface area (Å²) in [6.07, 6.45) is 46.4. The molecule has 2 aliphatic rings. The SMILES string of the molecule is CCCCCCCC[C@@H]1O[C@H]1CCCCCCCCC(CCCCCC(CCCCCCCC[C@@H]1O[C@H]1CCCCCCCC)C(=O)N(CC)CC)C(=O)N(CC)CC. The van der Waals surface area contributed by atoms with Crippen LogP contribution < -0.4 is 0 Å². The third-order valence-corrected chi connectivity index (χ3v) is 14.1. The fraction of sp³-hybridized carbons (Fsp3) is 0.962. The number of epoxide rings is 2. The predicted molar refractivity (Wildman–Crippen MR) is 253 cm³/mol. The fourth-order valence-corrected chi connectivity index (χ4v) is 9.84. The first kappa shape index (κ1) is 54.0. The van der Waals surface area contributed by atoms with E-state index < -0.39 is 0 Å². The molecule has 6 atom stereocenters. The van der Waals surface area contributed by atoms with Gasteiger partial charge in [-0.25, -0.2) is 0 Å². The van der Waals surface area contributed by atoms with Gasteiger partial charge in [0.1, 0.15) is 0 Å². The quantitative estimate of drug-likeness (QED) is 0.0453. The first-order valence-electron chi connectivity index (χ1n) is 26.8. The van der Waals surface area contributed by atoms with Crippen LogP contribution in [0.2, 0.25) is 0 Å². The van der Waals surface area contributed by atoms with E-state index in [1.165, 1.54) is 180 Å². The molecule has 6 heteroatoms. The van der Waals surface area contributed by atoms with Crippen LogP contribution >= 0.6 is 0 Å². The third kappa shape index (κ3) is 26.2. The van der Waals surface area contributed by atoms with Gasteiger partial charge < -0.3 is 19.3 Å². The molecule has 0 aromatic carbocycles. The van der Waals surface area contributed by atoms with Crippen LogP contribution in [-0.2, 0) is 19.1 Å². The molecule has 0 spiro atoms. The lowest BCUT2D eigenvalue weighted by Crippen LogP contribution is -2.36. The van der Waals surface area contributed by atoms with Crippen LogP contribution in [0.25, 0.3) is 0 Å². The van der Waals surface area contributed by atoms with Crippen molar-refractivity contribution in [2.24, 2.45) is 11.8 Å². The Hall–Kier alpha value is -1.14. The van der Waals surface area contributed by atoms with E-state index >= 15 is 0 Å². The van der Waals surface area contributed by atoms with Gasteiger partial charge in [0.05, 0.1) is 24.4 Å². The summed E-state index contributed by atoms with van der Waals surface area (Å²) in [5.74, 6) is 1.06. The van der Waals surface area contributed by atoms with Crippen molar-refractivity contribution in [3.63, 3.8) is 0 Å². The Morgan fingerprint density at radius 3 is 0.814 bits per heavy atom. The Morgan fingerprint density at radius 1 is 0.339 bits per heavy atom. The number of amides is 2. The molecule has 2 fully saturated rings. The number of ether oxygens (including phenoxy) is 2. The summed E-state index contributed by atoms with van der Waals surface area (Å²) in [6, 6.07) is 0. The number of carbonyl (C=O) groups is 2. The molecular formula is C53H102N2O4. The predicted octanol–water partition coefficient (Wildman–Crippen LogP) is 15.2. The minimum atomic E-state index is 0.155. The zero-order valence-electron chi connectivity index (χ0n) is 40.6. The number of carbonyl (C=O) groups excluding carboxylic acids is 2. The van der Waals surface area contributed by atoms with Gasteiger partial charge >= 0.3 is 0 Å². The average molecular weight is 831 g/mol. The third-order valence-electron chi connectivity index (χ3n) is 14.1. The highest BCUT2D eigenvalue weighted by Gasteiger charge is 2.37. The standard InChI is InChI=1S/C53H102N2O4/c1-7-13-15-17-25-34-42-48-50(58-48)44-36-27-21-19-23-30-38-46(52(56)54(9-3)10-4)40-32-29-33-41-47(53(57)55(11-5)12-6)39-31-24-20-22-28-37-45-51-49(59-51)43-35-26-18-16-14-8-2/h46-51H,7-45H2,1-6H3/t46?,47?,48-,49-,50-,51-/m0/s1. The molecule has 6 nitrogen and oxygen atoms in total. The first-order chi connectivity index (χ1) is 28.9. The zero-order valence-corrected chi connectivity index (χ0v) is 40.6. The van der Waals surface area contributed by atoms with E-state index in [-0.39, 0.29) is 11.8 Å². The van der Waals surface area contributed by atoms with Crippen molar-refractivity contribution < 1.29 is 19.1 Å². The Bertz CT molecular complexity index is 907. The molecule has 0 radical (unpaired) electrons. The van der Waals surface area contributed by atoms with Crippen molar-refractivity contribution in [2.75, 3.05) is 26.2 Å². The number of rotatable bonds is 44. The van der Waals surface area contributed by atoms with Gasteiger partial charge in [-0.3, -0.25) is 9.59 Å². The van der Waals surface area contributed by atoms with Gasteiger partial charge in [-0.15, -0.1) is 0 Å². The van der Waals surface area contributed by atoms with Crippen LogP contribution in [0.1, 0.15) is 266 Å². The average Bonchev–Trinajstić information content (AvgIpc) is 4.18. The van der Waals surface area contributed by atoms with Crippen molar-refractivity contribution >= 4 is 11.8 Å². The molecule has 0 saturated carbocycles. The van der Waals surface area contributed by atoms with E-state index in [2.05, 4.69) is 51.3 Å². The van der Waals surface area contributed by atoms with Crippen LogP contribution in [0, 0.1) is 11.8 Å². The molecule has 2 amide bonds. The number of nitrogens with zero attached hydrogens (tertiary/aromatic N) is 2. The minimum Gasteiger partial charge on any atom is -0.370 e. The van der Waals surface area contributed by atoms with Crippen molar-refractivity contribution in [1.29, 1.82) is 0 Å². The van der Waals surface area contributed by atoms with Gasteiger partial charge in [-0.05, 0) is 79.1 Å². The van der Waals surface area contributed by atoms with Crippen LogP contribution in [-0.4, -0.2) is 72.2 Å². The number of hydrogen-bond acceptors (Lipinski definition) is 4. The Balaban J connectivity index is 1.59. The lowest BCUT2D eigenvalue weighted by Gasteiger charge is -2.26. The van der Waals surface area contributed by atoms with Crippen molar-refractivity contribution in [1.82, 2.24) is 9.80 Å². The maximum atomic E-state index is 13.5. The topological polar surface area (TPSA) is 65.7 Å². The normalized spacial score (nSPS) is 19.5. The van der Waals surface area contributed by atoms with Crippen molar-refractivity contribution in [2.45, 2.75) is 291 Å². The highest BCUT2D eigenvalue weighted by atomic mass is 16.6. The molecule has 0 aromatic rings. The van der Waals surface area contributed by atoms with Gasteiger partial charge in [-0.2, -0.15) is 0 Å². The maximum absolute atomic E-state index is 13.5. The van der Waals surface area contributed by atoms with E-state index in [9.17, 15) is 9.59 Å². The van der Waals surface area contributed by atoms with Crippen LogP contribution in [0.4, 0.5) is 0 Å². The minimum absolute atomic E-state index is 0.155. The number of hydrogen-bond donors (Lipinski definition) is 0. The molecule has 0 aliphatic carbocycles. The molecular weight excluding hydrogens is 729 g/mol. The summed E-state index contributed by atoms with van der Waals surface area (Å²) >= 11 is 0. The molecule has 2 heterocycles. The molecule has 59 heavy (non-hydrogen) atoms. The lowest BCUT2D eigenvalue weighted by atomic mass is 9.90. The molecule has 2 rings (SSSR count). The van der Waals surface area contributed by atoms with Gasteiger partial charge in [-0.1, -0.05) is 187 Å². The summed E-state index contributed by atoms with van der Waals surface area (Å²) < 4.78 is 11.9. The second kappa shape index (κ2) is 36.4. The Labute approximate surface area is 368 Å². The van der Waals surface area contributed by atoms with Crippen LogP contribution in [0.3, 0.4) is 0 Å². The molecule has 348 valence electrons. The molecule has 2 saturated heterocycles. The summed E-state index contributed by atoms with van der Waals surface area (Å²) in [6.45, 7) is 16.3. The zero-order chi connectivity index (χ0) is 42.8. The Kier molecular flexibility index (Phi) is 33.3. The summed E-state index contributed by atoms with van der Waals surface area (Å²) in [4.78, 5) is 31.2. The molecule has 2 aliphatic heterocycles. The highest BCUT2D eigenvalue weighted by Crippen LogP contribution is 2.33. The van der Waals surface area contributed by atoms with Crippen molar-refractivity contribution in [3.05, 3.63) is 0 Å². The van der Waals surface area contributed by atoms with E-state index in [1.807, 2.05) is 0 Å². The molecule has 0 N–H and O–H groups in total. The monoisotopic (exact) mass is 831 g/mol. The largest absolute Gasteiger partial charge is 0.370 e. The van der Waals surface area contributed by atoms with Crippen LogP contribution in [0.5, 0.6) is 0 Å². The van der Waals surface area contributed by atoms with E-state index in [1.54, 1.807) is 0 Å². The first-order valence-corrected chi connectivity index (χ1v) is 26.8. The maximum Gasteiger partial charge on any atom is 0.225 e. The fourth-order valence-electron chi connectivity index (χ4n) is 9.84. The summed E-state index contributed by atoms with van der Waals surface area (Å²) in [7, 11) is 0. The lowest BCUT2D eigenvalue weighted by molar-refractivity contribution is -0.136. The smallest absolute Gasteiger partial charge is 0.225 e. The van der Waals surface area contributed by atoms with E-state index in [4.69, 9.17) is 9.47 Å². The molecule has 0 aromatic heterocycles. The Morgan fingerprint density at radius 2 is 0.559 bits per heavy atom. The number of unbranched alkanes of at least 4 members (excludes halogenated alkanes) is 22. The van der Waals surface area contributed by atoms with E-state index in [0.717, 1.165) is 71.1 Å². The second-order valence-corrected chi connectivity index (χ2v) is 19.0. The molecule has 0 bridgehead atoms. The van der Waals surface area contributed by atoms with Gasteiger partial charge in [0.2, 0.25) is 11.8 Å². The highest BCUT2D eigenvalue weighted by molar-refractivity contribution is 5.79. The van der Waals surface area contributed by atoms with Gasteiger partial charge in [0.25, 0.3) is 0 Å². The van der Waals surface area contributed by atoms with Gasteiger partial charge in [0.15, 0.2) is 0 Å². The van der Waals surface area contributed by atoms with Crippen LogP contribution in [0.15, 0.2) is 0 Å². The van der Waals surface area contributed by atoms with E-state index in [0.29, 0.717) is 36.2 Å². The van der Waals surface area contributed by atoms with Crippen molar-refractivity contribution in [3.8, 4) is 0 Å². The summed E-state index contributed by atoms with van der Waals surface area (Å²) in [5, 5.41) is 0.